The predicted molar refractivity (Wildman–Crippen MR) is 40.7 cm³/mol. The van der Waals surface area contributed by atoms with E-state index in [4.69, 9.17) is 28.4 Å². The van der Waals surface area contributed by atoms with E-state index < -0.39 is 30.2 Å². The maximum atomic E-state index is 10.9. The maximum absolute atomic E-state index is 10.9. The zero-order chi connectivity index (χ0) is 9.30. The molecular weight excluding hydrogens is 184 g/mol. The summed E-state index contributed by atoms with van der Waals surface area (Å²) in [6, 6.07) is 0. The van der Waals surface area contributed by atoms with E-state index in [-0.39, 0.29) is 5.88 Å². The van der Waals surface area contributed by atoms with Crippen LogP contribution in [0.25, 0.3) is 0 Å². The van der Waals surface area contributed by atoms with Gasteiger partial charge in [0.2, 0.25) is 0 Å². The van der Waals surface area contributed by atoms with Gasteiger partial charge in [0, 0.05) is 0 Å². The normalized spacial score (nSPS) is 41.7. The predicted octanol–water partition coefficient (Wildman–Crippen LogP) is -1.01. The van der Waals surface area contributed by atoms with E-state index in [0.717, 1.165) is 0 Å². The smallest absolute Gasteiger partial charge is 0.179 e. The van der Waals surface area contributed by atoms with Gasteiger partial charge in [-0.05, 0) is 6.92 Å². The Kier molecular flexibility index (Phi) is 3.06. The second-order valence-corrected chi connectivity index (χ2v) is 2.87. The minimum absolute atomic E-state index is 0.263. The van der Waals surface area contributed by atoms with Crippen molar-refractivity contribution in [3.05, 3.63) is 6.92 Å². The number of rotatable bonds is 2. The number of aliphatic hydroxyl groups is 2. The zero-order valence-corrected chi connectivity index (χ0v) is 6.94. The van der Waals surface area contributed by atoms with Gasteiger partial charge in [0.05, 0.1) is 12.0 Å². The molecule has 0 saturated carbocycles. The van der Waals surface area contributed by atoms with Crippen molar-refractivity contribution < 1.29 is 19.7 Å². The number of ether oxygens (including phenoxy) is 1. The number of halogens is 1. The van der Waals surface area contributed by atoms with E-state index in [0.29, 0.717) is 0 Å². The lowest BCUT2D eigenvalue weighted by Gasteiger charge is -2.11. The molecule has 1 heterocycles. The highest BCUT2D eigenvalue weighted by atomic mass is 35.5. The van der Waals surface area contributed by atoms with Crippen molar-refractivity contribution in [3.8, 4) is 0 Å². The summed E-state index contributed by atoms with van der Waals surface area (Å²) < 4.78 is 4.78. The first-order chi connectivity index (χ1) is 5.57. The van der Waals surface area contributed by atoms with Gasteiger partial charge in [0.1, 0.15) is 18.3 Å². The second kappa shape index (κ2) is 3.70. The fraction of sp³-hybridized carbons (Fsp3) is 0.714. The Balaban J connectivity index is 2.64. The van der Waals surface area contributed by atoms with Crippen LogP contribution in [0.4, 0.5) is 0 Å². The molecule has 2 radical (unpaired) electrons. The van der Waals surface area contributed by atoms with E-state index in [1.807, 2.05) is 0 Å². The van der Waals surface area contributed by atoms with Crippen LogP contribution < -0.4 is 0 Å². The quantitative estimate of drug-likeness (QED) is 0.551. The molecule has 4 atom stereocenters. The van der Waals surface area contributed by atoms with Crippen LogP contribution in [0.5, 0.6) is 0 Å². The Morgan fingerprint density at radius 1 is 1.50 bits per heavy atom. The van der Waals surface area contributed by atoms with Crippen LogP contribution in [-0.4, -0.2) is 46.3 Å². The maximum Gasteiger partial charge on any atom is 0.179 e. The average Bonchev–Trinajstić information content (AvgIpc) is 2.32. The molecule has 0 aromatic rings. The third-order valence-corrected chi connectivity index (χ3v) is 2.01. The molecule has 1 saturated heterocycles. The monoisotopic (exact) mass is 192 g/mol. The van der Waals surface area contributed by atoms with Crippen LogP contribution in [-0.2, 0) is 9.53 Å². The number of Topliss-reactive ketones (excluding diaryl/α,β-unsaturated/α-hetero) is 1. The summed E-state index contributed by atoms with van der Waals surface area (Å²) in [6.07, 6.45) is -4.60. The van der Waals surface area contributed by atoms with Crippen molar-refractivity contribution in [2.24, 2.45) is 0 Å². The van der Waals surface area contributed by atoms with E-state index in [2.05, 4.69) is 0 Å². The van der Waals surface area contributed by atoms with Gasteiger partial charge < -0.3 is 14.9 Å². The first-order valence-electron chi connectivity index (χ1n) is 3.43. The Morgan fingerprint density at radius 2 is 2.08 bits per heavy atom. The van der Waals surface area contributed by atoms with Crippen molar-refractivity contribution in [3.63, 3.8) is 0 Å². The molecule has 12 heavy (non-hydrogen) atoms. The van der Waals surface area contributed by atoms with Crippen LogP contribution in [0.1, 0.15) is 0 Å². The summed E-state index contributed by atoms with van der Waals surface area (Å²) >= 11 is 5.23. The van der Waals surface area contributed by atoms with Gasteiger partial charge in [0.15, 0.2) is 5.78 Å². The highest BCUT2D eigenvalue weighted by Crippen LogP contribution is 2.21. The molecule has 0 aliphatic carbocycles. The molecule has 4 nitrogen and oxygen atoms in total. The minimum atomic E-state index is -1.27. The molecule has 1 rings (SSSR count). The highest BCUT2D eigenvalue weighted by molar-refractivity contribution is 6.28. The molecule has 0 bridgehead atoms. The lowest BCUT2D eigenvalue weighted by Crippen LogP contribution is -2.36. The number of carbonyl (C=O) groups is 1. The largest absolute Gasteiger partial charge is 0.388 e. The lowest BCUT2D eigenvalue weighted by molar-refractivity contribution is -0.130. The Hall–Kier alpha value is -0.160. The first-order valence-corrected chi connectivity index (χ1v) is 3.97. The number of ketones is 1. The van der Waals surface area contributed by atoms with Crippen molar-refractivity contribution >= 4 is 17.4 Å². The first kappa shape index (κ1) is 9.92. The van der Waals surface area contributed by atoms with E-state index in [1.54, 1.807) is 0 Å². The Bertz CT molecular complexity index is 184. The lowest BCUT2D eigenvalue weighted by atomic mass is 10.1. The van der Waals surface area contributed by atoms with Crippen LogP contribution in [0.15, 0.2) is 0 Å². The van der Waals surface area contributed by atoms with Crippen LogP contribution in [0, 0.1) is 6.92 Å². The van der Waals surface area contributed by atoms with Gasteiger partial charge in [-0.15, -0.1) is 11.6 Å². The van der Waals surface area contributed by atoms with Gasteiger partial charge in [0.25, 0.3) is 0 Å². The molecule has 0 spiro atoms. The van der Waals surface area contributed by atoms with Crippen LogP contribution in [0.3, 0.4) is 0 Å². The summed E-state index contributed by atoms with van der Waals surface area (Å²) in [5.41, 5.74) is 0. The number of hydrogen-bond acceptors (Lipinski definition) is 4. The van der Waals surface area contributed by atoms with Gasteiger partial charge in [-0.3, -0.25) is 4.79 Å². The number of carbonyl (C=O) groups excluding carboxylic acids is 1. The van der Waals surface area contributed by atoms with Crippen molar-refractivity contribution in [2.45, 2.75) is 24.4 Å². The third-order valence-electron chi connectivity index (χ3n) is 1.75. The number of alkyl halides is 1. The van der Waals surface area contributed by atoms with Gasteiger partial charge in [-0.2, -0.15) is 0 Å². The molecule has 2 N–H and O–H groups in total. The molecule has 1 fully saturated rings. The average molecular weight is 193 g/mol. The zero-order valence-electron chi connectivity index (χ0n) is 6.18. The topological polar surface area (TPSA) is 66.8 Å². The van der Waals surface area contributed by atoms with Crippen molar-refractivity contribution in [1.82, 2.24) is 0 Å². The van der Waals surface area contributed by atoms with E-state index >= 15 is 0 Å². The summed E-state index contributed by atoms with van der Waals surface area (Å²) in [6.45, 7) is 5.22. The van der Waals surface area contributed by atoms with Gasteiger partial charge in [-0.1, -0.05) is 0 Å². The second-order valence-electron chi connectivity index (χ2n) is 2.60. The Labute approximate surface area is 75.1 Å². The van der Waals surface area contributed by atoms with Crippen LogP contribution >= 0.6 is 11.6 Å². The van der Waals surface area contributed by atoms with E-state index in [1.165, 1.54) is 0 Å². The van der Waals surface area contributed by atoms with Crippen LogP contribution in [0.2, 0.25) is 0 Å². The molecule has 0 aromatic carbocycles. The van der Waals surface area contributed by atoms with Crippen molar-refractivity contribution in [2.75, 3.05) is 5.88 Å². The summed E-state index contributed by atoms with van der Waals surface area (Å²) in [4.78, 5) is 10.9. The summed E-state index contributed by atoms with van der Waals surface area (Å²) in [5.74, 6) is -0.739. The molecule has 0 aromatic heterocycles. The molecule has 68 valence electrons. The molecule has 5 heteroatoms. The highest BCUT2D eigenvalue weighted by Gasteiger charge is 2.43. The standard InChI is InChI=1S/C7H9ClO4/c1-3-5(10)6(11)7(12-3)4(9)2-8/h1,3,5-7,10-11H,2H2/t3-,5?,6+,7+/m0/s1. The minimum Gasteiger partial charge on any atom is -0.388 e. The number of hydrogen-bond donors (Lipinski definition) is 2. The molecule has 1 aliphatic heterocycles. The number of aliphatic hydroxyl groups excluding tert-OH is 2. The molecule has 0 amide bonds. The summed E-state index contributed by atoms with van der Waals surface area (Å²) in [5, 5.41) is 18.3. The fourth-order valence-corrected chi connectivity index (χ4v) is 1.20. The summed E-state index contributed by atoms with van der Waals surface area (Å²) in [7, 11) is 0. The molecular formula is C7H9ClO4. The van der Waals surface area contributed by atoms with Gasteiger partial charge in [-0.25, -0.2) is 0 Å². The third kappa shape index (κ3) is 1.61. The fourth-order valence-electron chi connectivity index (χ4n) is 1.05. The van der Waals surface area contributed by atoms with Gasteiger partial charge >= 0.3 is 0 Å². The van der Waals surface area contributed by atoms with Crippen molar-refractivity contribution in [1.29, 1.82) is 0 Å². The molecule has 1 aliphatic rings. The SMILES string of the molecule is [CH][C@@H]1O[C@H](C(=O)CCl)[C@H](O)C1O. The Morgan fingerprint density at radius 3 is 2.42 bits per heavy atom. The molecule has 1 unspecified atom stereocenters. The van der Waals surface area contributed by atoms with E-state index in [9.17, 15) is 9.90 Å².